The molecule has 3 aromatic rings. The molecule has 0 spiro atoms. The van der Waals surface area contributed by atoms with Gasteiger partial charge < -0.3 is 10.2 Å². The minimum atomic E-state index is -0.115. The van der Waals surface area contributed by atoms with Crippen LogP contribution in [0.5, 0.6) is 0 Å². The van der Waals surface area contributed by atoms with E-state index < -0.39 is 0 Å². The van der Waals surface area contributed by atoms with Crippen LogP contribution in [0.3, 0.4) is 0 Å². The first-order valence-corrected chi connectivity index (χ1v) is 8.23. The fraction of sp³-hybridized carbons (Fsp3) is 0.222. The molecule has 1 amide bonds. The predicted octanol–water partition coefficient (Wildman–Crippen LogP) is 1.45. The fourth-order valence-electron chi connectivity index (χ4n) is 3.04. The van der Waals surface area contributed by atoms with Crippen molar-refractivity contribution in [3.63, 3.8) is 0 Å². The van der Waals surface area contributed by atoms with Crippen molar-refractivity contribution in [2.24, 2.45) is 0 Å². The molecular weight excluding hydrogens is 316 g/mol. The van der Waals surface area contributed by atoms with E-state index in [2.05, 4.69) is 49.7 Å². The topological polar surface area (TPSA) is 75.9 Å². The number of anilines is 1. The van der Waals surface area contributed by atoms with Crippen LogP contribution in [-0.4, -0.2) is 45.3 Å². The molecule has 25 heavy (non-hydrogen) atoms. The van der Waals surface area contributed by atoms with Gasteiger partial charge in [-0.3, -0.25) is 9.36 Å². The van der Waals surface area contributed by atoms with Crippen molar-refractivity contribution in [1.82, 2.24) is 25.1 Å². The van der Waals surface area contributed by atoms with Crippen LogP contribution in [0.25, 0.3) is 5.82 Å². The largest absolute Gasteiger partial charge is 0.369 e. The monoisotopic (exact) mass is 334 g/mol. The molecule has 0 atom stereocenters. The fourth-order valence-corrected chi connectivity index (χ4v) is 3.04. The molecule has 126 valence electrons. The average Bonchev–Trinajstić information content (AvgIpc) is 3.32. The van der Waals surface area contributed by atoms with Crippen LogP contribution in [0.1, 0.15) is 15.9 Å². The van der Waals surface area contributed by atoms with E-state index in [1.165, 1.54) is 11.3 Å². The maximum absolute atomic E-state index is 12.3. The highest BCUT2D eigenvalue weighted by Gasteiger charge is 2.17. The number of carbonyl (C=O) groups excluding carboxylic acids is 1. The Morgan fingerprint density at radius 1 is 1.12 bits per heavy atom. The molecular formula is C18H18N6O. The summed E-state index contributed by atoms with van der Waals surface area (Å²) in [5, 5.41) is 10.4. The van der Waals surface area contributed by atoms with Crippen molar-refractivity contribution in [2.75, 3.05) is 24.5 Å². The molecule has 0 fully saturated rings. The molecule has 0 bridgehead atoms. The van der Waals surface area contributed by atoms with Crippen molar-refractivity contribution in [1.29, 1.82) is 0 Å². The predicted molar refractivity (Wildman–Crippen MR) is 93.8 cm³/mol. The van der Waals surface area contributed by atoms with E-state index >= 15 is 0 Å². The van der Waals surface area contributed by atoms with Gasteiger partial charge in [-0.2, -0.15) is 0 Å². The number of nitrogens with zero attached hydrogens (tertiary/aromatic N) is 5. The van der Waals surface area contributed by atoms with E-state index in [9.17, 15) is 4.79 Å². The number of fused-ring (bicyclic) bond motifs is 1. The van der Waals surface area contributed by atoms with Crippen LogP contribution in [-0.2, 0) is 6.42 Å². The zero-order valence-corrected chi connectivity index (χ0v) is 13.7. The summed E-state index contributed by atoms with van der Waals surface area (Å²) in [6.45, 7) is 2.40. The molecule has 4 rings (SSSR count). The van der Waals surface area contributed by atoms with Gasteiger partial charge in [-0.25, -0.2) is 4.98 Å². The third kappa shape index (κ3) is 3.21. The number of aromatic nitrogens is 4. The summed E-state index contributed by atoms with van der Waals surface area (Å²) in [6.07, 6.45) is 5.76. The highest BCUT2D eigenvalue weighted by atomic mass is 16.1. The van der Waals surface area contributed by atoms with Crippen molar-refractivity contribution in [2.45, 2.75) is 6.42 Å². The summed E-state index contributed by atoms with van der Waals surface area (Å²) in [5.41, 5.74) is 3.19. The molecule has 1 aliphatic rings. The smallest absolute Gasteiger partial charge is 0.252 e. The van der Waals surface area contributed by atoms with Crippen LogP contribution in [0.2, 0.25) is 0 Å². The average molecular weight is 334 g/mol. The molecule has 2 aromatic heterocycles. The number of rotatable bonds is 5. The van der Waals surface area contributed by atoms with Gasteiger partial charge >= 0.3 is 0 Å². The number of pyridine rings is 1. The number of para-hydroxylation sites is 1. The van der Waals surface area contributed by atoms with Crippen LogP contribution in [0, 0.1) is 0 Å². The number of nitrogens with one attached hydrogen (secondary N) is 1. The van der Waals surface area contributed by atoms with E-state index in [0.717, 1.165) is 19.5 Å². The molecule has 0 saturated carbocycles. The summed E-state index contributed by atoms with van der Waals surface area (Å²) in [5.74, 6) is 0.561. The van der Waals surface area contributed by atoms with Crippen LogP contribution < -0.4 is 10.2 Å². The van der Waals surface area contributed by atoms with Crippen LogP contribution >= 0.6 is 0 Å². The van der Waals surface area contributed by atoms with Gasteiger partial charge in [-0.15, -0.1) is 10.2 Å². The highest BCUT2D eigenvalue weighted by Crippen LogP contribution is 2.26. The van der Waals surface area contributed by atoms with E-state index in [0.29, 0.717) is 17.9 Å². The van der Waals surface area contributed by atoms with Crippen LogP contribution in [0.15, 0.2) is 55.2 Å². The lowest BCUT2D eigenvalue weighted by molar-refractivity contribution is 0.0954. The minimum absolute atomic E-state index is 0.115. The Bertz CT molecular complexity index is 860. The number of hydrogen-bond donors (Lipinski definition) is 1. The third-order valence-electron chi connectivity index (χ3n) is 4.34. The van der Waals surface area contributed by atoms with Crippen molar-refractivity contribution < 1.29 is 4.79 Å². The summed E-state index contributed by atoms with van der Waals surface area (Å²) in [7, 11) is 0. The lowest BCUT2D eigenvalue weighted by atomic mass is 10.2. The lowest BCUT2D eigenvalue weighted by Gasteiger charge is -2.19. The lowest BCUT2D eigenvalue weighted by Crippen LogP contribution is -2.34. The van der Waals surface area contributed by atoms with Gasteiger partial charge in [0, 0.05) is 31.5 Å². The summed E-state index contributed by atoms with van der Waals surface area (Å²) < 4.78 is 1.69. The SMILES string of the molecule is O=C(NCCN1CCc2ccccc21)c1ccc(-n2cnnc2)nc1. The van der Waals surface area contributed by atoms with E-state index in [1.54, 1.807) is 35.6 Å². The standard InChI is InChI=1S/C18H18N6O/c25-18(15-5-6-17(20-11-15)24-12-21-22-13-24)19-8-10-23-9-7-14-3-1-2-4-16(14)23/h1-6,11-13H,7-10H2,(H,19,25). The zero-order valence-electron chi connectivity index (χ0n) is 13.7. The Kier molecular flexibility index (Phi) is 4.12. The molecule has 0 radical (unpaired) electrons. The first kappa shape index (κ1) is 15.3. The molecule has 0 unspecified atom stereocenters. The second-order valence-corrected chi connectivity index (χ2v) is 5.90. The van der Waals surface area contributed by atoms with Gasteiger partial charge in [0.1, 0.15) is 18.5 Å². The first-order valence-electron chi connectivity index (χ1n) is 8.23. The van der Waals surface area contributed by atoms with Crippen LogP contribution in [0.4, 0.5) is 5.69 Å². The van der Waals surface area contributed by atoms with E-state index in [4.69, 9.17) is 0 Å². The van der Waals surface area contributed by atoms with Gasteiger partial charge in [-0.1, -0.05) is 18.2 Å². The molecule has 1 N–H and O–H groups in total. The minimum Gasteiger partial charge on any atom is -0.369 e. The molecule has 1 aromatic carbocycles. The van der Waals surface area contributed by atoms with Gasteiger partial charge in [0.2, 0.25) is 0 Å². The van der Waals surface area contributed by atoms with E-state index in [-0.39, 0.29) is 5.91 Å². The summed E-state index contributed by atoms with van der Waals surface area (Å²) in [6, 6.07) is 12.0. The van der Waals surface area contributed by atoms with Gasteiger partial charge in [0.25, 0.3) is 5.91 Å². The second kappa shape index (κ2) is 6.72. The normalized spacial score (nSPS) is 12.9. The third-order valence-corrected chi connectivity index (χ3v) is 4.34. The number of benzene rings is 1. The van der Waals surface area contributed by atoms with Crippen molar-refractivity contribution >= 4 is 11.6 Å². The quantitative estimate of drug-likeness (QED) is 0.764. The maximum Gasteiger partial charge on any atom is 0.252 e. The summed E-state index contributed by atoms with van der Waals surface area (Å²) >= 11 is 0. The summed E-state index contributed by atoms with van der Waals surface area (Å²) in [4.78, 5) is 18.8. The highest BCUT2D eigenvalue weighted by molar-refractivity contribution is 5.93. The number of amides is 1. The molecule has 0 saturated heterocycles. The Balaban J connectivity index is 1.32. The second-order valence-electron chi connectivity index (χ2n) is 5.90. The molecule has 0 aliphatic carbocycles. The number of hydrogen-bond acceptors (Lipinski definition) is 5. The number of carbonyl (C=O) groups is 1. The zero-order chi connectivity index (χ0) is 17.1. The Labute approximate surface area is 145 Å². The molecule has 1 aliphatic heterocycles. The van der Waals surface area contributed by atoms with Crippen molar-refractivity contribution in [3.8, 4) is 5.82 Å². The Morgan fingerprint density at radius 2 is 1.96 bits per heavy atom. The Morgan fingerprint density at radius 3 is 2.76 bits per heavy atom. The van der Waals surface area contributed by atoms with Gasteiger partial charge in [0.05, 0.1) is 5.56 Å². The van der Waals surface area contributed by atoms with Gasteiger partial charge in [-0.05, 0) is 30.2 Å². The molecule has 3 heterocycles. The first-order chi connectivity index (χ1) is 12.3. The molecule has 7 heteroatoms. The molecule has 7 nitrogen and oxygen atoms in total. The van der Waals surface area contributed by atoms with Crippen molar-refractivity contribution in [3.05, 3.63) is 66.4 Å². The van der Waals surface area contributed by atoms with Gasteiger partial charge in [0.15, 0.2) is 0 Å². The Hall–Kier alpha value is -3.22. The van der Waals surface area contributed by atoms with E-state index in [1.807, 2.05) is 0 Å². The maximum atomic E-state index is 12.3.